The average molecular weight is 493 g/mol. The minimum atomic E-state index is 0.216. The predicted molar refractivity (Wildman–Crippen MR) is 162 cm³/mol. The molecule has 0 unspecified atom stereocenters. The second kappa shape index (κ2) is 9.31. The number of nitrogens with zero attached hydrogens (tertiary/aromatic N) is 2. The molecule has 1 aliphatic rings. The summed E-state index contributed by atoms with van der Waals surface area (Å²) >= 11 is 0. The molecule has 1 heterocycles. The van der Waals surface area contributed by atoms with Gasteiger partial charge in [0.05, 0.1) is 18.4 Å². The van der Waals surface area contributed by atoms with Gasteiger partial charge in [-0.1, -0.05) is 121 Å². The van der Waals surface area contributed by atoms with Crippen LogP contribution in [0.4, 0.5) is 5.69 Å². The molecule has 0 N–H and O–H groups in total. The Morgan fingerprint density at radius 3 is 1.63 bits per heavy atom. The summed E-state index contributed by atoms with van der Waals surface area (Å²) in [4.78, 5) is 5.28. The van der Waals surface area contributed by atoms with Crippen molar-refractivity contribution in [3.63, 3.8) is 0 Å². The Labute approximate surface area is 224 Å². The highest BCUT2D eigenvalue weighted by atomic mass is 15.4. The second-order valence-corrected chi connectivity index (χ2v) is 10.6. The van der Waals surface area contributed by atoms with Gasteiger partial charge in [-0.25, -0.2) is 0 Å². The van der Waals surface area contributed by atoms with E-state index in [0.29, 0.717) is 0 Å². The lowest BCUT2D eigenvalue weighted by Crippen LogP contribution is -2.44. The molecule has 0 amide bonds. The monoisotopic (exact) mass is 492 g/mol. The molecule has 0 aliphatic carbocycles. The van der Waals surface area contributed by atoms with Gasteiger partial charge in [-0.3, -0.25) is 4.90 Å². The molecule has 0 saturated heterocycles. The van der Waals surface area contributed by atoms with E-state index < -0.39 is 0 Å². The molecule has 0 bridgehead atoms. The molecular formula is C36H32N2. The summed E-state index contributed by atoms with van der Waals surface area (Å²) in [6.07, 6.45) is 0. The van der Waals surface area contributed by atoms with Crippen molar-refractivity contribution in [3.05, 3.63) is 138 Å². The van der Waals surface area contributed by atoms with E-state index in [1.807, 2.05) is 0 Å². The Morgan fingerprint density at radius 1 is 0.500 bits per heavy atom. The summed E-state index contributed by atoms with van der Waals surface area (Å²) in [5, 5.41) is 7.93. The van der Waals surface area contributed by atoms with E-state index in [9.17, 15) is 0 Å². The quantitative estimate of drug-likeness (QED) is 0.242. The van der Waals surface area contributed by atoms with Crippen LogP contribution in [-0.2, 0) is 6.54 Å². The number of fused-ring (bicyclic) bond motifs is 5. The van der Waals surface area contributed by atoms with Crippen LogP contribution in [0.3, 0.4) is 0 Å². The van der Waals surface area contributed by atoms with Gasteiger partial charge in [0.2, 0.25) is 0 Å². The van der Waals surface area contributed by atoms with Crippen LogP contribution in [0.1, 0.15) is 42.6 Å². The maximum atomic E-state index is 2.64. The number of benzene rings is 6. The summed E-state index contributed by atoms with van der Waals surface area (Å²) in [6, 6.07) is 45.0. The SMILES string of the molecule is C[C@@H](c1cccc2ccccc12)N1Cc2ccc3ccccc3c2N([C@@H](C)c2cccc3ccccc23)C1. The molecule has 186 valence electrons. The van der Waals surface area contributed by atoms with Gasteiger partial charge in [0.15, 0.2) is 0 Å². The lowest BCUT2D eigenvalue weighted by atomic mass is 9.93. The highest BCUT2D eigenvalue weighted by Gasteiger charge is 2.32. The van der Waals surface area contributed by atoms with Crippen molar-refractivity contribution in [2.75, 3.05) is 11.6 Å². The zero-order chi connectivity index (χ0) is 25.6. The van der Waals surface area contributed by atoms with E-state index in [1.165, 1.54) is 54.7 Å². The zero-order valence-electron chi connectivity index (χ0n) is 22.0. The Bertz CT molecular complexity index is 1780. The lowest BCUT2D eigenvalue weighted by molar-refractivity contribution is 0.187. The summed E-state index contributed by atoms with van der Waals surface area (Å²) in [5.74, 6) is 0. The first-order valence-electron chi connectivity index (χ1n) is 13.7. The molecule has 1 aliphatic heterocycles. The molecule has 2 atom stereocenters. The van der Waals surface area contributed by atoms with Gasteiger partial charge in [-0.15, -0.1) is 0 Å². The summed E-state index contributed by atoms with van der Waals surface area (Å²) in [5.41, 5.74) is 5.55. The highest BCUT2D eigenvalue weighted by Crippen LogP contribution is 2.43. The first-order chi connectivity index (χ1) is 18.7. The molecule has 0 radical (unpaired) electrons. The van der Waals surface area contributed by atoms with Crippen molar-refractivity contribution in [2.45, 2.75) is 32.5 Å². The Hall–Kier alpha value is -4.14. The molecular weight excluding hydrogens is 460 g/mol. The molecule has 6 aromatic rings. The molecule has 38 heavy (non-hydrogen) atoms. The molecule has 0 spiro atoms. The molecule has 2 nitrogen and oxygen atoms in total. The molecule has 2 heteroatoms. The van der Waals surface area contributed by atoms with Crippen LogP contribution in [0, 0.1) is 0 Å². The summed E-state index contributed by atoms with van der Waals surface area (Å²) in [7, 11) is 0. The Kier molecular flexibility index (Phi) is 5.64. The number of anilines is 1. The van der Waals surface area contributed by atoms with Crippen LogP contribution in [0.25, 0.3) is 32.3 Å². The van der Waals surface area contributed by atoms with Crippen LogP contribution in [-0.4, -0.2) is 11.6 Å². The van der Waals surface area contributed by atoms with Gasteiger partial charge >= 0.3 is 0 Å². The van der Waals surface area contributed by atoms with Gasteiger partial charge < -0.3 is 4.90 Å². The largest absolute Gasteiger partial charge is 0.351 e. The molecule has 6 aromatic carbocycles. The minimum absolute atomic E-state index is 0.216. The van der Waals surface area contributed by atoms with Crippen LogP contribution in [0.2, 0.25) is 0 Å². The third kappa shape index (κ3) is 3.76. The van der Waals surface area contributed by atoms with E-state index in [2.05, 4.69) is 145 Å². The van der Waals surface area contributed by atoms with Gasteiger partial charge in [-0.2, -0.15) is 0 Å². The van der Waals surface area contributed by atoms with Gasteiger partial charge in [0.1, 0.15) is 0 Å². The van der Waals surface area contributed by atoms with Crippen molar-refractivity contribution in [2.24, 2.45) is 0 Å². The second-order valence-electron chi connectivity index (χ2n) is 10.6. The third-order valence-electron chi connectivity index (χ3n) is 8.54. The topological polar surface area (TPSA) is 6.48 Å². The smallest absolute Gasteiger partial charge is 0.0721 e. The van der Waals surface area contributed by atoms with E-state index in [-0.39, 0.29) is 12.1 Å². The maximum absolute atomic E-state index is 2.64. The number of hydrogen-bond acceptors (Lipinski definition) is 2. The fourth-order valence-electron chi connectivity index (χ4n) is 6.47. The standard InChI is InChI=1S/C36H32N2/c1-25(31-19-9-14-27-11-3-6-16-33(27)31)37-23-30-22-21-29-13-5-8-18-35(29)36(30)38(24-37)26(2)32-20-10-15-28-12-4-7-17-34(28)32/h3-22,25-26H,23-24H2,1-2H3/t25-,26-/m0/s1. The van der Waals surface area contributed by atoms with Gasteiger partial charge in [0, 0.05) is 18.0 Å². The van der Waals surface area contributed by atoms with Crippen molar-refractivity contribution >= 4 is 38.0 Å². The summed E-state index contributed by atoms with van der Waals surface area (Å²) < 4.78 is 0. The fourth-order valence-corrected chi connectivity index (χ4v) is 6.47. The first kappa shape index (κ1) is 23.0. The maximum Gasteiger partial charge on any atom is 0.0721 e. The number of rotatable bonds is 4. The number of hydrogen-bond donors (Lipinski definition) is 0. The average Bonchev–Trinajstić information content (AvgIpc) is 2.99. The highest BCUT2D eigenvalue weighted by molar-refractivity contribution is 5.97. The Balaban J connectivity index is 1.37. The fraction of sp³-hybridized carbons (Fsp3) is 0.167. The van der Waals surface area contributed by atoms with Crippen LogP contribution < -0.4 is 4.90 Å². The van der Waals surface area contributed by atoms with E-state index in [4.69, 9.17) is 0 Å². The van der Waals surface area contributed by atoms with Crippen LogP contribution in [0.5, 0.6) is 0 Å². The van der Waals surface area contributed by atoms with E-state index in [1.54, 1.807) is 0 Å². The third-order valence-corrected chi connectivity index (χ3v) is 8.54. The molecule has 0 saturated carbocycles. The Morgan fingerprint density at radius 2 is 1.00 bits per heavy atom. The minimum Gasteiger partial charge on any atom is -0.351 e. The molecule has 7 rings (SSSR count). The van der Waals surface area contributed by atoms with Crippen LogP contribution in [0.15, 0.2) is 121 Å². The van der Waals surface area contributed by atoms with Gasteiger partial charge in [0.25, 0.3) is 0 Å². The summed E-state index contributed by atoms with van der Waals surface area (Å²) in [6.45, 7) is 6.55. The van der Waals surface area contributed by atoms with Crippen molar-refractivity contribution in [1.29, 1.82) is 0 Å². The normalized spacial score (nSPS) is 15.6. The predicted octanol–water partition coefficient (Wildman–Crippen LogP) is 9.25. The van der Waals surface area contributed by atoms with Crippen molar-refractivity contribution in [1.82, 2.24) is 4.90 Å². The van der Waals surface area contributed by atoms with Crippen molar-refractivity contribution in [3.8, 4) is 0 Å². The first-order valence-corrected chi connectivity index (χ1v) is 13.7. The van der Waals surface area contributed by atoms with Crippen LogP contribution >= 0.6 is 0 Å². The lowest BCUT2D eigenvalue weighted by Gasteiger charge is -2.45. The molecule has 0 fully saturated rings. The van der Waals surface area contributed by atoms with E-state index in [0.717, 1.165) is 13.2 Å². The zero-order valence-corrected chi connectivity index (χ0v) is 22.0. The van der Waals surface area contributed by atoms with E-state index >= 15 is 0 Å². The molecule has 0 aromatic heterocycles. The van der Waals surface area contributed by atoms with Gasteiger partial charge in [-0.05, 0) is 57.5 Å². The van der Waals surface area contributed by atoms with Crippen molar-refractivity contribution < 1.29 is 0 Å².